The van der Waals surface area contributed by atoms with Gasteiger partial charge in [-0.25, -0.2) is 4.79 Å². The molecular formula is C26H33N7O4S. The number of rotatable bonds is 7. The summed E-state index contributed by atoms with van der Waals surface area (Å²) in [6, 6.07) is 9.32. The van der Waals surface area contributed by atoms with Gasteiger partial charge in [0.15, 0.2) is 4.90 Å². The maximum absolute atomic E-state index is 12.9. The predicted molar refractivity (Wildman–Crippen MR) is 145 cm³/mol. The Kier molecular flexibility index (Phi) is 8.30. The molecule has 1 aromatic heterocycles. The number of fused-ring (bicyclic) bond motifs is 1. The summed E-state index contributed by atoms with van der Waals surface area (Å²) in [5.41, 5.74) is 0.970. The second-order valence-corrected chi connectivity index (χ2v) is 11.5. The topological polar surface area (TPSA) is 160 Å². The molecule has 4 N–H and O–H groups in total. The fourth-order valence-corrected chi connectivity index (χ4v) is 6.45. The number of methoxy groups -OCH3 is 1. The molecule has 2 aliphatic rings. The van der Waals surface area contributed by atoms with E-state index in [2.05, 4.69) is 35.5 Å². The molecule has 1 aromatic carbocycles. The number of amides is 1. The Balaban J connectivity index is 1.54. The lowest BCUT2D eigenvalue weighted by Gasteiger charge is -2.41. The maximum Gasteiger partial charge on any atom is 0.409 e. The summed E-state index contributed by atoms with van der Waals surface area (Å²) in [5, 5.41) is 24.7. The summed E-state index contributed by atoms with van der Waals surface area (Å²) in [6.07, 6.45) is 2.22. The molecule has 11 nitrogen and oxygen atoms in total. The van der Waals surface area contributed by atoms with Gasteiger partial charge in [0.25, 0.3) is 5.56 Å². The van der Waals surface area contributed by atoms with Gasteiger partial charge in [0, 0.05) is 37.1 Å². The monoisotopic (exact) mass is 539 g/mol. The molecule has 12 heteroatoms. The van der Waals surface area contributed by atoms with Crippen LogP contribution < -0.4 is 16.2 Å². The zero-order valence-corrected chi connectivity index (χ0v) is 22.6. The molecule has 2 aromatic rings. The first-order valence-corrected chi connectivity index (χ1v) is 13.6. The van der Waals surface area contributed by atoms with Crippen molar-refractivity contribution in [2.24, 2.45) is 5.92 Å². The highest BCUT2D eigenvalue weighted by Crippen LogP contribution is 2.34. The van der Waals surface area contributed by atoms with Crippen molar-refractivity contribution in [1.29, 1.82) is 10.7 Å². The summed E-state index contributed by atoms with van der Waals surface area (Å²) in [5.74, 6) is 0.276. The molecule has 0 aliphatic carbocycles. The first kappa shape index (κ1) is 27.5. The van der Waals surface area contributed by atoms with Crippen LogP contribution in [0.1, 0.15) is 44.2 Å². The molecule has 202 valence electrons. The highest BCUT2D eigenvalue weighted by Gasteiger charge is 2.37. The maximum atomic E-state index is 12.9. The van der Waals surface area contributed by atoms with E-state index in [1.807, 2.05) is 10.4 Å². The number of nitrogens with zero attached hydrogens (tertiary/aromatic N) is 3. The largest absolute Gasteiger partial charge is 0.593 e. The van der Waals surface area contributed by atoms with E-state index in [0.29, 0.717) is 49.8 Å². The Morgan fingerprint density at radius 2 is 2.08 bits per heavy atom. The van der Waals surface area contributed by atoms with Crippen LogP contribution in [0.3, 0.4) is 0 Å². The van der Waals surface area contributed by atoms with Crippen molar-refractivity contribution in [1.82, 2.24) is 14.2 Å². The van der Waals surface area contributed by atoms with E-state index in [4.69, 9.17) is 10.1 Å². The van der Waals surface area contributed by atoms with Crippen molar-refractivity contribution in [3.63, 3.8) is 0 Å². The van der Waals surface area contributed by atoms with Gasteiger partial charge in [-0.2, -0.15) is 5.26 Å². The lowest BCUT2D eigenvalue weighted by Crippen LogP contribution is -2.51. The third kappa shape index (κ3) is 5.80. The number of carbonyl (C=O) groups excluding carboxylic acids is 1. The van der Waals surface area contributed by atoms with Crippen LogP contribution >= 0.6 is 0 Å². The Morgan fingerprint density at radius 3 is 2.74 bits per heavy atom. The normalized spacial score (nSPS) is 18.5. The Hall–Kier alpha value is -3.53. The minimum absolute atomic E-state index is 0.105. The number of pyridine rings is 1. The van der Waals surface area contributed by atoms with E-state index in [-0.39, 0.29) is 17.8 Å². The lowest BCUT2D eigenvalue weighted by molar-refractivity contribution is 0.104. The number of aromatic nitrogens is 1. The van der Waals surface area contributed by atoms with Gasteiger partial charge < -0.3 is 29.8 Å². The van der Waals surface area contributed by atoms with Crippen LogP contribution in [0, 0.1) is 22.7 Å². The molecular weight excluding hydrogens is 506 g/mol. The number of piperidine rings is 1. The van der Waals surface area contributed by atoms with Crippen molar-refractivity contribution >= 4 is 34.7 Å². The molecule has 0 saturated carbocycles. The van der Waals surface area contributed by atoms with Crippen molar-refractivity contribution in [2.75, 3.05) is 37.4 Å². The molecule has 38 heavy (non-hydrogen) atoms. The number of hydrogen-bond donors (Lipinski definition) is 4. The van der Waals surface area contributed by atoms with Gasteiger partial charge in [-0.15, -0.1) is 4.31 Å². The lowest BCUT2D eigenvalue weighted by atomic mass is 9.84. The Morgan fingerprint density at radius 1 is 1.34 bits per heavy atom. The fourth-order valence-electron chi connectivity index (χ4n) is 4.95. The van der Waals surface area contributed by atoms with Crippen molar-refractivity contribution in [3.05, 3.63) is 51.9 Å². The smallest absolute Gasteiger partial charge is 0.409 e. The molecule has 1 amide bonds. The number of H-pyrrole nitrogens is 1. The van der Waals surface area contributed by atoms with Crippen molar-refractivity contribution < 1.29 is 14.1 Å². The van der Waals surface area contributed by atoms with Crippen molar-refractivity contribution in [2.45, 2.75) is 50.1 Å². The highest BCUT2D eigenvalue weighted by atomic mass is 32.2. The Bertz CT molecular complexity index is 1300. The summed E-state index contributed by atoms with van der Waals surface area (Å²) in [7, 11) is 1.33. The number of nitrogens with one attached hydrogen (secondary N) is 4. The summed E-state index contributed by atoms with van der Waals surface area (Å²) >= 11 is -1.21. The summed E-state index contributed by atoms with van der Waals surface area (Å²) in [6.45, 7) is 6.25. The number of amidine groups is 1. The van der Waals surface area contributed by atoms with E-state index in [0.717, 1.165) is 17.0 Å². The standard InChI is InChI=1S/C26H33N7O4S/c1-17(2)15-33-16-18-14-19(4-5-21(18)38(33)36)30-23(28)22-20(6-11-29-24(22)34)31-26(7-10-27)8-12-32(13-9-26)25(35)37-3/h4-6,11,14,17H,7-9,12-13,15-16H2,1-3H3,(H2,28,30)(H2,29,31,34). The van der Waals surface area contributed by atoms with Gasteiger partial charge in [0.1, 0.15) is 11.4 Å². The summed E-state index contributed by atoms with van der Waals surface area (Å²) in [4.78, 5) is 29.8. The molecule has 0 spiro atoms. The number of ether oxygens (including phenoxy) is 1. The molecule has 1 atom stereocenters. The minimum atomic E-state index is -1.21. The Labute approximate surface area is 225 Å². The van der Waals surface area contributed by atoms with Gasteiger partial charge in [0.05, 0.1) is 48.7 Å². The number of aromatic amines is 1. The predicted octanol–water partition coefficient (Wildman–Crippen LogP) is 3.23. The van der Waals surface area contributed by atoms with Gasteiger partial charge in [-0.3, -0.25) is 10.2 Å². The zero-order valence-electron chi connectivity index (χ0n) is 21.8. The number of likely N-dealkylation sites (tertiary alicyclic amines) is 1. The van der Waals surface area contributed by atoms with Crippen LogP contribution in [0.2, 0.25) is 0 Å². The molecule has 0 bridgehead atoms. The summed E-state index contributed by atoms with van der Waals surface area (Å²) < 4.78 is 19.5. The molecule has 4 rings (SSSR count). The van der Waals surface area contributed by atoms with E-state index in [1.54, 1.807) is 23.1 Å². The molecule has 3 heterocycles. The van der Waals surface area contributed by atoms with E-state index >= 15 is 0 Å². The van der Waals surface area contributed by atoms with Crippen LogP contribution in [0.15, 0.2) is 40.2 Å². The molecule has 1 saturated heterocycles. The minimum Gasteiger partial charge on any atom is -0.593 e. The molecule has 2 aliphatic heterocycles. The number of benzene rings is 1. The third-order valence-electron chi connectivity index (χ3n) is 6.85. The first-order valence-electron chi connectivity index (χ1n) is 12.5. The fraction of sp³-hybridized carbons (Fsp3) is 0.462. The van der Waals surface area contributed by atoms with Gasteiger partial charge in [0.2, 0.25) is 0 Å². The van der Waals surface area contributed by atoms with Crippen LogP contribution in [0.25, 0.3) is 0 Å². The van der Waals surface area contributed by atoms with Gasteiger partial charge in [-0.1, -0.05) is 13.8 Å². The zero-order chi connectivity index (χ0) is 27.4. The number of nitriles is 1. The van der Waals surface area contributed by atoms with Crippen LogP contribution in [-0.2, 0) is 22.6 Å². The average molecular weight is 540 g/mol. The third-order valence-corrected chi connectivity index (χ3v) is 8.37. The van der Waals surface area contributed by atoms with E-state index in [1.165, 1.54) is 13.3 Å². The molecule has 1 fully saturated rings. The molecule has 0 radical (unpaired) electrons. The number of carbonyl (C=O) groups is 1. The van der Waals surface area contributed by atoms with E-state index < -0.39 is 28.6 Å². The second kappa shape index (κ2) is 11.5. The van der Waals surface area contributed by atoms with Crippen LogP contribution in [0.5, 0.6) is 0 Å². The van der Waals surface area contributed by atoms with Gasteiger partial charge >= 0.3 is 6.09 Å². The first-order chi connectivity index (χ1) is 18.2. The van der Waals surface area contributed by atoms with Crippen molar-refractivity contribution in [3.8, 4) is 6.07 Å². The van der Waals surface area contributed by atoms with Gasteiger partial charge in [-0.05, 0) is 43.0 Å². The number of anilines is 2. The highest BCUT2D eigenvalue weighted by molar-refractivity contribution is 7.89. The average Bonchev–Trinajstić information content (AvgIpc) is 3.17. The van der Waals surface area contributed by atoms with Crippen LogP contribution in [-0.4, -0.2) is 63.0 Å². The second-order valence-electron chi connectivity index (χ2n) is 10.1. The van der Waals surface area contributed by atoms with Crippen LogP contribution in [0.4, 0.5) is 16.2 Å². The molecule has 1 unspecified atom stereocenters. The SMILES string of the molecule is COC(=O)N1CCC(CC#N)(Nc2cc[nH]c(=O)c2C(=N)Nc2ccc3c(c2)CN(CC(C)C)[S+]3[O-])CC1. The quantitative estimate of drug-likeness (QED) is 0.237. The number of hydrogen-bond acceptors (Lipinski definition) is 8. The van der Waals surface area contributed by atoms with E-state index in [9.17, 15) is 19.4 Å².